The number of halogens is 1. The van der Waals surface area contributed by atoms with Crippen LogP contribution in [0.3, 0.4) is 0 Å². The SMILES string of the molecule is CCc1cc(C=C2C(=O)Nc3ccc(F)cc32)c2cccccc1-2. The lowest BCUT2D eigenvalue weighted by molar-refractivity contribution is -0.110. The van der Waals surface area contributed by atoms with Crippen LogP contribution in [0.1, 0.15) is 23.6 Å². The van der Waals surface area contributed by atoms with E-state index in [-0.39, 0.29) is 11.7 Å². The fourth-order valence-corrected chi connectivity index (χ4v) is 3.29. The molecule has 2 nitrogen and oxygen atoms in total. The Morgan fingerprint density at radius 2 is 1.79 bits per heavy atom. The van der Waals surface area contributed by atoms with Gasteiger partial charge in [0.25, 0.3) is 5.91 Å². The number of rotatable bonds is 2. The largest absolute Gasteiger partial charge is 0.321 e. The molecule has 0 atom stereocenters. The average Bonchev–Trinajstić information content (AvgIpc) is 2.93. The monoisotopic (exact) mass is 317 g/mol. The van der Waals surface area contributed by atoms with E-state index in [4.69, 9.17) is 0 Å². The van der Waals surface area contributed by atoms with Crippen molar-refractivity contribution in [1.29, 1.82) is 0 Å². The van der Waals surface area contributed by atoms with Gasteiger partial charge in [0.15, 0.2) is 0 Å². The summed E-state index contributed by atoms with van der Waals surface area (Å²) in [6.07, 6.45) is 2.78. The number of hydrogen-bond acceptors (Lipinski definition) is 1. The predicted octanol–water partition coefficient (Wildman–Crippen LogP) is 4.99. The van der Waals surface area contributed by atoms with Crippen LogP contribution < -0.4 is 5.32 Å². The maximum Gasteiger partial charge on any atom is 0.256 e. The topological polar surface area (TPSA) is 29.1 Å². The van der Waals surface area contributed by atoms with Gasteiger partial charge in [-0.3, -0.25) is 4.79 Å². The second kappa shape index (κ2) is 5.60. The Morgan fingerprint density at radius 3 is 2.58 bits per heavy atom. The number of carbonyl (C=O) groups is 1. The van der Waals surface area contributed by atoms with Crippen molar-refractivity contribution in [3.63, 3.8) is 0 Å². The molecule has 3 aliphatic rings. The third-order valence-corrected chi connectivity index (χ3v) is 4.47. The summed E-state index contributed by atoms with van der Waals surface area (Å²) in [5, 5.41) is 2.80. The summed E-state index contributed by atoms with van der Waals surface area (Å²) in [5.41, 5.74) is 6.29. The molecule has 24 heavy (non-hydrogen) atoms. The van der Waals surface area contributed by atoms with E-state index < -0.39 is 0 Å². The van der Waals surface area contributed by atoms with Crippen molar-refractivity contribution in [2.24, 2.45) is 0 Å². The second-order valence-electron chi connectivity index (χ2n) is 5.92. The van der Waals surface area contributed by atoms with Gasteiger partial charge in [-0.2, -0.15) is 0 Å². The lowest BCUT2D eigenvalue weighted by Crippen LogP contribution is -2.03. The Labute approximate surface area is 140 Å². The molecule has 1 aromatic carbocycles. The summed E-state index contributed by atoms with van der Waals surface area (Å²) in [7, 11) is 0. The van der Waals surface area contributed by atoms with E-state index in [9.17, 15) is 9.18 Å². The summed E-state index contributed by atoms with van der Waals surface area (Å²) < 4.78 is 13.6. The van der Waals surface area contributed by atoms with Gasteiger partial charge >= 0.3 is 0 Å². The van der Waals surface area contributed by atoms with E-state index in [1.165, 1.54) is 23.3 Å². The molecule has 4 rings (SSSR count). The standard InChI is InChI=1S/C21H16FNO/c1-2-13-10-14(17-7-5-3-4-6-16(13)17)11-19-18-12-15(22)8-9-20(18)23-21(19)24/h3-12H,2H2,1H3,(H,23,24). The molecule has 1 heterocycles. The van der Waals surface area contributed by atoms with Crippen LogP contribution in [-0.4, -0.2) is 5.91 Å². The Kier molecular flexibility index (Phi) is 3.42. The molecule has 118 valence electrons. The van der Waals surface area contributed by atoms with Gasteiger partial charge in [0.05, 0.1) is 0 Å². The molecule has 3 heteroatoms. The molecule has 1 amide bonds. The van der Waals surface area contributed by atoms with Crippen LogP contribution in [0.4, 0.5) is 10.1 Å². The Morgan fingerprint density at radius 1 is 1.00 bits per heavy atom. The van der Waals surface area contributed by atoms with Crippen molar-refractivity contribution in [2.45, 2.75) is 13.3 Å². The van der Waals surface area contributed by atoms with Crippen molar-refractivity contribution in [3.05, 3.63) is 77.1 Å². The minimum atomic E-state index is -0.343. The maximum absolute atomic E-state index is 13.6. The van der Waals surface area contributed by atoms with E-state index in [0.717, 1.165) is 17.5 Å². The molecule has 0 radical (unpaired) electrons. The van der Waals surface area contributed by atoms with Crippen LogP contribution in [0.5, 0.6) is 0 Å². The Bertz CT molecular complexity index is 958. The fraction of sp³-hybridized carbons (Fsp3) is 0.0952. The van der Waals surface area contributed by atoms with Crippen LogP contribution >= 0.6 is 0 Å². The first-order chi connectivity index (χ1) is 11.7. The molecule has 0 spiro atoms. The molecule has 0 bridgehead atoms. The van der Waals surface area contributed by atoms with Gasteiger partial charge in [0.2, 0.25) is 0 Å². The highest BCUT2D eigenvalue weighted by atomic mass is 19.1. The summed E-state index contributed by atoms with van der Waals surface area (Å²) in [4.78, 5) is 12.3. The number of hydrogen-bond donors (Lipinski definition) is 1. The third-order valence-electron chi connectivity index (χ3n) is 4.47. The van der Waals surface area contributed by atoms with E-state index in [2.05, 4.69) is 30.4 Å². The molecule has 2 aliphatic carbocycles. The molecule has 0 saturated heterocycles. The minimum Gasteiger partial charge on any atom is -0.321 e. The second-order valence-corrected chi connectivity index (χ2v) is 5.92. The molecule has 0 aromatic heterocycles. The van der Waals surface area contributed by atoms with Gasteiger partial charge in [0.1, 0.15) is 5.82 Å². The Hall–Kier alpha value is -2.94. The minimum absolute atomic E-state index is 0.191. The number of carbonyl (C=O) groups excluding carboxylic acids is 1. The summed E-state index contributed by atoms with van der Waals surface area (Å²) >= 11 is 0. The molecular formula is C21H16FNO. The van der Waals surface area contributed by atoms with E-state index >= 15 is 0 Å². The summed E-state index contributed by atoms with van der Waals surface area (Å²) in [6.45, 7) is 2.12. The normalized spacial score (nSPS) is 14.9. The van der Waals surface area contributed by atoms with Crippen LogP contribution in [0.25, 0.3) is 22.8 Å². The van der Waals surface area contributed by atoms with Gasteiger partial charge < -0.3 is 5.32 Å². The van der Waals surface area contributed by atoms with Crippen molar-refractivity contribution in [3.8, 4) is 11.1 Å². The quantitative estimate of drug-likeness (QED) is 0.663. The summed E-state index contributed by atoms with van der Waals surface area (Å²) in [6, 6.07) is 16.6. The molecule has 1 aliphatic heterocycles. The van der Waals surface area contributed by atoms with E-state index in [0.29, 0.717) is 16.8 Å². The van der Waals surface area contributed by atoms with Crippen LogP contribution in [0.15, 0.2) is 54.6 Å². The van der Waals surface area contributed by atoms with Crippen LogP contribution in [0.2, 0.25) is 0 Å². The first kappa shape index (κ1) is 14.6. The van der Waals surface area contributed by atoms with Crippen LogP contribution in [0, 0.1) is 5.82 Å². The molecule has 0 unspecified atom stereocenters. The zero-order valence-electron chi connectivity index (χ0n) is 13.3. The smallest absolute Gasteiger partial charge is 0.256 e. The van der Waals surface area contributed by atoms with Gasteiger partial charge in [-0.1, -0.05) is 43.3 Å². The summed E-state index contributed by atoms with van der Waals surface area (Å²) in [5.74, 6) is -0.535. The van der Waals surface area contributed by atoms with Gasteiger partial charge in [-0.15, -0.1) is 0 Å². The highest BCUT2D eigenvalue weighted by Crippen LogP contribution is 2.38. The molecule has 1 N–H and O–H groups in total. The highest BCUT2D eigenvalue weighted by Gasteiger charge is 2.25. The van der Waals surface area contributed by atoms with Crippen molar-refractivity contribution in [2.75, 3.05) is 5.32 Å². The van der Waals surface area contributed by atoms with Crippen molar-refractivity contribution < 1.29 is 9.18 Å². The van der Waals surface area contributed by atoms with Gasteiger partial charge in [-0.05, 0) is 52.9 Å². The molecule has 0 saturated carbocycles. The van der Waals surface area contributed by atoms with E-state index in [1.807, 2.05) is 24.3 Å². The number of nitrogens with one attached hydrogen (secondary N) is 1. The number of fused-ring (bicyclic) bond motifs is 2. The zero-order valence-corrected chi connectivity index (χ0v) is 13.3. The predicted molar refractivity (Wildman–Crippen MR) is 95.3 cm³/mol. The molecular weight excluding hydrogens is 301 g/mol. The third kappa shape index (κ3) is 2.29. The van der Waals surface area contributed by atoms with Crippen LogP contribution in [-0.2, 0) is 11.2 Å². The number of anilines is 1. The lowest BCUT2D eigenvalue weighted by atomic mass is 10.0. The lowest BCUT2D eigenvalue weighted by Gasteiger charge is -2.00. The first-order valence-electron chi connectivity index (χ1n) is 8.01. The first-order valence-corrected chi connectivity index (χ1v) is 8.01. The number of amides is 1. The van der Waals surface area contributed by atoms with Gasteiger partial charge in [0, 0.05) is 16.8 Å². The molecule has 1 aromatic rings. The number of benzene rings is 1. The fourth-order valence-electron chi connectivity index (χ4n) is 3.29. The molecule has 0 fully saturated rings. The van der Waals surface area contributed by atoms with Gasteiger partial charge in [-0.25, -0.2) is 4.39 Å². The highest BCUT2D eigenvalue weighted by molar-refractivity contribution is 6.35. The van der Waals surface area contributed by atoms with E-state index in [1.54, 1.807) is 6.07 Å². The maximum atomic E-state index is 13.6. The zero-order chi connectivity index (χ0) is 16.7. The van der Waals surface area contributed by atoms with Crippen molar-refractivity contribution in [1.82, 2.24) is 0 Å². The number of aryl methyl sites for hydroxylation is 1. The van der Waals surface area contributed by atoms with Crippen molar-refractivity contribution >= 4 is 23.2 Å². The average molecular weight is 317 g/mol. The Balaban J connectivity index is 1.91.